The van der Waals surface area contributed by atoms with Gasteiger partial charge in [-0.2, -0.15) is 0 Å². The number of hydrogen-bond donors (Lipinski definition) is 1. The average molecular weight is 409 g/mol. The number of aliphatic imine (C=N–C) groups is 1. The van der Waals surface area contributed by atoms with E-state index >= 15 is 0 Å². The molecule has 2 aromatic rings. The lowest BCUT2D eigenvalue weighted by molar-refractivity contribution is -0.114. The van der Waals surface area contributed by atoms with Gasteiger partial charge in [0.15, 0.2) is 0 Å². The molecular formula is C18H20N2O3S3. The highest BCUT2D eigenvalue weighted by Gasteiger charge is 2.22. The Hall–Kier alpha value is -1.77. The molecule has 1 N–H and O–H groups in total. The number of rotatable bonds is 6. The predicted molar refractivity (Wildman–Crippen MR) is 114 cm³/mol. The lowest BCUT2D eigenvalue weighted by Gasteiger charge is -2.08. The van der Waals surface area contributed by atoms with Crippen LogP contribution >= 0.6 is 34.9 Å². The average Bonchev–Trinajstić information content (AvgIpc) is 3.07. The van der Waals surface area contributed by atoms with Crippen molar-refractivity contribution in [3.8, 4) is 11.1 Å². The predicted octanol–water partition coefficient (Wildman–Crippen LogP) is 4.61. The number of hydrogen-bond acceptors (Lipinski definition) is 7. The zero-order chi connectivity index (χ0) is 18.9. The van der Waals surface area contributed by atoms with Crippen molar-refractivity contribution in [2.75, 3.05) is 31.0 Å². The van der Waals surface area contributed by atoms with E-state index in [4.69, 9.17) is 4.74 Å². The largest absolute Gasteiger partial charge is 0.462 e. The minimum atomic E-state index is -0.444. The Kier molecular flexibility index (Phi) is 8.21. The lowest BCUT2D eigenvalue weighted by Crippen LogP contribution is -2.17. The topological polar surface area (TPSA) is 67.8 Å². The Labute approximate surface area is 165 Å². The highest BCUT2D eigenvalue weighted by Crippen LogP contribution is 2.36. The molecule has 0 bridgehead atoms. The summed E-state index contributed by atoms with van der Waals surface area (Å²) in [6, 6.07) is 9.56. The van der Waals surface area contributed by atoms with E-state index in [0.29, 0.717) is 10.6 Å². The van der Waals surface area contributed by atoms with Crippen molar-refractivity contribution in [3.05, 3.63) is 41.3 Å². The monoisotopic (exact) mass is 408 g/mol. The third-order valence-electron chi connectivity index (χ3n) is 3.31. The van der Waals surface area contributed by atoms with Crippen molar-refractivity contribution in [3.63, 3.8) is 0 Å². The standard InChI is InChI=1S/C18H20N2O3S3/c1-4-23-17(22)15-13(12-8-6-5-7-9-12)11-26-16(15)20-14(21)10-19-18(24-2)25-3/h5-9,11H,4,10H2,1-3H3,(H,20,21). The van der Waals surface area contributed by atoms with E-state index in [-0.39, 0.29) is 19.1 Å². The number of thiophene rings is 1. The van der Waals surface area contributed by atoms with Crippen LogP contribution in [0.5, 0.6) is 0 Å². The third-order valence-corrected chi connectivity index (χ3v) is 6.16. The molecule has 2 rings (SSSR count). The fourth-order valence-electron chi connectivity index (χ4n) is 2.20. The number of carbonyl (C=O) groups excluding carboxylic acids is 2. The number of ether oxygens (including phenoxy) is 1. The Bertz CT molecular complexity index is 782. The van der Waals surface area contributed by atoms with Gasteiger partial charge in [0.2, 0.25) is 5.91 Å². The zero-order valence-corrected chi connectivity index (χ0v) is 17.2. The maximum absolute atomic E-state index is 12.5. The third kappa shape index (κ3) is 5.36. The van der Waals surface area contributed by atoms with Gasteiger partial charge in [0, 0.05) is 10.9 Å². The van der Waals surface area contributed by atoms with Crippen LogP contribution in [0.3, 0.4) is 0 Å². The van der Waals surface area contributed by atoms with E-state index in [1.165, 1.54) is 34.9 Å². The van der Waals surface area contributed by atoms with Crippen LogP contribution in [0.4, 0.5) is 5.00 Å². The van der Waals surface area contributed by atoms with Crippen LogP contribution in [0.15, 0.2) is 40.7 Å². The molecule has 0 aliphatic rings. The van der Waals surface area contributed by atoms with Crippen molar-refractivity contribution in [1.29, 1.82) is 0 Å². The molecule has 0 unspecified atom stereocenters. The van der Waals surface area contributed by atoms with Gasteiger partial charge in [0.05, 0.1) is 6.61 Å². The van der Waals surface area contributed by atoms with Crippen LogP contribution in [0.1, 0.15) is 17.3 Å². The molecule has 1 amide bonds. The van der Waals surface area contributed by atoms with Crippen molar-refractivity contribution in [2.45, 2.75) is 6.92 Å². The van der Waals surface area contributed by atoms with E-state index in [1.54, 1.807) is 6.92 Å². The normalized spacial score (nSPS) is 10.3. The van der Waals surface area contributed by atoms with Gasteiger partial charge in [0.25, 0.3) is 0 Å². The van der Waals surface area contributed by atoms with Crippen LogP contribution in [0, 0.1) is 0 Å². The molecule has 5 nitrogen and oxygen atoms in total. The molecule has 1 heterocycles. The second-order valence-corrected chi connectivity index (χ2v) is 7.71. The van der Waals surface area contributed by atoms with Crippen LogP contribution in [0.2, 0.25) is 0 Å². The van der Waals surface area contributed by atoms with Crippen LogP contribution < -0.4 is 5.32 Å². The van der Waals surface area contributed by atoms with Gasteiger partial charge < -0.3 is 10.1 Å². The summed E-state index contributed by atoms with van der Waals surface area (Å²) in [7, 11) is 0. The first kappa shape index (κ1) is 20.5. The SMILES string of the molecule is CCOC(=O)c1c(-c2ccccc2)csc1NC(=O)CN=C(SC)SC. The molecule has 138 valence electrons. The van der Waals surface area contributed by atoms with Gasteiger partial charge in [-0.05, 0) is 25.0 Å². The van der Waals surface area contributed by atoms with Crippen LogP contribution in [-0.4, -0.2) is 41.9 Å². The van der Waals surface area contributed by atoms with Crippen molar-refractivity contribution in [1.82, 2.24) is 0 Å². The second kappa shape index (κ2) is 10.4. The molecule has 0 aliphatic carbocycles. The summed E-state index contributed by atoms with van der Waals surface area (Å²) in [5.41, 5.74) is 2.04. The number of nitrogens with one attached hydrogen (secondary N) is 1. The molecule has 0 fully saturated rings. The molecule has 0 radical (unpaired) electrons. The quantitative estimate of drug-likeness (QED) is 0.429. The summed E-state index contributed by atoms with van der Waals surface area (Å²) in [5, 5.41) is 5.14. The van der Waals surface area contributed by atoms with Gasteiger partial charge >= 0.3 is 5.97 Å². The number of esters is 1. The first-order valence-corrected chi connectivity index (χ1v) is 11.2. The Balaban J connectivity index is 2.28. The molecule has 0 saturated heterocycles. The second-order valence-electron chi connectivity index (χ2n) is 4.98. The summed E-state index contributed by atoms with van der Waals surface area (Å²) in [4.78, 5) is 29.0. The number of carbonyl (C=O) groups is 2. The lowest BCUT2D eigenvalue weighted by atomic mass is 10.0. The maximum Gasteiger partial charge on any atom is 0.341 e. The van der Waals surface area contributed by atoms with Crippen LogP contribution in [-0.2, 0) is 9.53 Å². The summed E-state index contributed by atoms with van der Waals surface area (Å²) >= 11 is 4.30. The van der Waals surface area contributed by atoms with E-state index in [0.717, 1.165) is 15.5 Å². The summed E-state index contributed by atoms with van der Waals surface area (Å²) in [5.74, 6) is -0.710. The van der Waals surface area contributed by atoms with Gasteiger partial charge in [-0.1, -0.05) is 30.3 Å². The van der Waals surface area contributed by atoms with E-state index < -0.39 is 5.97 Å². The molecule has 0 spiro atoms. The molecular weight excluding hydrogens is 388 g/mol. The number of benzene rings is 1. The Morgan fingerprint density at radius 3 is 2.50 bits per heavy atom. The molecule has 0 aliphatic heterocycles. The number of nitrogens with zero attached hydrogens (tertiary/aromatic N) is 1. The van der Waals surface area contributed by atoms with Crippen molar-refractivity contribution < 1.29 is 14.3 Å². The van der Waals surface area contributed by atoms with Crippen molar-refractivity contribution in [2.24, 2.45) is 4.99 Å². The first-order valence-electron chi connectivity index (χ1n) is 7.87. The molecule has 8 heteroatoms. The maximum atomic E-state index is 12.5. The number of thioether (sulfide) groups is 2. The summed E-state index contributed by atoms with van der Waals surface area (Å²) in [6.07, 6.45) is 3.83. The van der Waals surface area contributed by atoms with Gasteiger partial charge in [-0.25, -0.2) is 4.79 Å². The van der Waals surface area contributed by atoms with E-state index in [1.807, 2.05) is 48.2 Å². The number of amides is 1. The van der Waals surface area contributed by atoms with Gasteiger partial charge in [-0.15, -0.1) is 34.9 Å². The Morgan fingerprint density at radius 2 is 1.88 bits per heavy atom. The Morgan fingerprint density at radius 1 is 1.19 bits per heavy atom. The van der Waals surface area contributed by atoms with Gasteiger partial charge in [-0.3, -0.25) is 9.79 Å². The van der Waals surface area contributed by atoms with E-state index in [2.05, 4.69) is 10.3 Å². The molecule has 1 aromatic heterocycles. The molecule has 26 heavy (non-hydrogen) atoms. The molecule has 0 saturated carbocycles. The smallest absolute Gasteiger partial charge is 0.341 e. The highest BCUT2D eigenvalue weighted by molar-refractivity contribution is 8.38. The van der Waals surface area contributed by atoms with E-state index in [9.17, 15) is 9.59 Å². The molecule has 0 atom stereocenters. The zero-order valence-electron chi connectivity index (χ0n) is 14.8. The molecule has 1 aromatic carbocycles. The fourth-order valence-corrected chi connectivity index (χ4v) is 4.23. The minimum Gasteiger partial charge on any atom is -0.462 e. The highest BCUT2D eigenvalue weighted by atomic mass is 32.2. The number of anilines is 1. The van der Waals surface area contributed by atoms with Gasteiger partial charge in [0.1, 0.15) is 21.5 Å². The first-order chi connectivity index (χ1) is 12.6. The summed E-state index contributed by atoms with van der Waals surface area (Å²) in [6.45, 7) is 2.04. The van der Waals surface area contributed by atoms with Crippen LogP contribution in [0.25, 0.3) is 11.1 Å². The fraction of sp³-hybridized carbons (Fsp3) is 0.278. The minimum absolute atomic E-state index is 0.0118. The summed E-state index contributed by atoms with van der Waals surface area (Å²) < 4.78 is 6.02. The van der Waals surface area contributed by atoms with Crippen molar-refractivity contribution >= 4 is 56.1 Å².